The normalized spacial score (nSPS) is 17.1. The number of nitrogens with zero attached hydrogens (tertiary/aromatic N) is 3. The Labute approximate surface area is 202 Å². The Morgan fingerprint density at radius 3 is 2.45 bits per heavy atom. The molecular weight excluding hydrogens is 529 g/mol. The van der Waals surface area contributed by atoms with Crippen molar-refractivity contribution in [3.05, 3.63) is 53.5 Å². The molecule has 1 unspecified atom stereocenters. The molecular formula is C21H32IN5O3S. The zero-order valence-electron chi connectivity index (χ0n) is 18.5. The molecule has 1 atom stereocenters. The van der Waals surface area contributed by atoms with Crippen LogP contribution in [0, 0.1) is 6.92 Å². The quantitative estimate of drug-likeness (QED) is 0.320. The number of piperazine rings is 1. The van der Waals surface area contributed by atoms with Crippen molar-refractivity contribution < 1.29 is 12.8 Å². The highest BCUT2D eigenvalue weighted by Gasteiger charge is 2.29. The van der Waals surface area contributed by atoms with Crippen LogP contribution < -0.4 is 10.6 Å². The lowest BCUT2D eigenvalue weighted by molar-refractivity contribution is 0.222. The molecule has 172 valence electrons. The monoisotopic (exact) mass is 561 g/mol. The van der Waals surface area contributed by atoms with E-state index in [1.165, 1.54) is 0 Å². The van der Waals surface area contributed by atoms with Gasteiger partial charge in [-0.2, -0.15) is 4.31 Å². The summed E-state index contributed by atoms with van der Waals surface area (Å²) in [5.74, 6) is 2.24. The van der Waals surface area contributed by atoms with Crippen molar-refractivity contribution in [2.24, 2.45) is 4.99 Å². The van der Waals surface area contributed by atoms with Crippen molar-refractivity contribution in [1.82, 2.24) is 19.8 Å². The maximum atomic E-state index is 13.2. The fraction of sp³-hybridized carbons (Fsp3) is 0.476. The molecule has 1 aromatic heterocycles. The molecule has 0 spiro atoms. The van der Waals surface area contributed by atoms with Crippen LogP contribution in [0.15, 0.2) is 50.7 Å². The second kappa shape index (κ2) is 11.3. The van der Waals surface area contributed by atoms with Gasteiger partial charge in [0.05, 0.1) is 10.9 Å². The van der Waals surface area contributed by atoms with Crippen LogP contribution in [0.1, 0.15) is 30.0 Å². The number of aliphatic imine (C=N–C) groups is 1. The van der Waals surface area contributed by atoms with Gasteiger partial charge in [-0.05, 0) is 44.7 Å². The third-order valence-corrected chi connectivity index (χ3v) is 7.26. The lowest BCUT2D eigenvalue weighted by Gasteiger charge is -2.32. The smallest absolute Gasteiger partial charge is 0.243 e. The number of rotatable bonds is 6. The van der Waals surface area contributed by atoms with Crippen LogP contribution in [0.5, 0.6) is 0 Å². The van der Waals surface area contributed by atoms with Crippen LogP contribution >= 0.6 is 24.0 Å². The van der Waals surface area contributed by atoms with Gasteiger partial charge >= 0.3 is 0 Å². The van der Waals surface area contributed by atoms with Gasteiger partial charge in [-0.3, -0.25) is 4.99 Å². The average Bonchev–Trinajstić information content (AvgIpc) is 3.18. The fourth-order valence-corrected chi connectivity index (χ4v) is 5.05. The lowest BCUT2D eigenvalue weighted by Crippen LogP contribution is -2.47. The molecule has 0 saturated carbocycles. The fourth-order valence-electron chi connectivity index (χ4n) is 3.41. The number of nitrogens with one attached hydrogen (secondary N) is 2. The van der Waals surface area contributed by atoms with Crippen molar-refractivity contribution in [2.75, 3.05) is 40.3 Å². The largest absolute Gasteiger partial charge is 0.464 e. The molecule has 1 aliphatic heterocycles. The molecule has 1 saturated heterocycles. The summed E-state index contributed by atoms with van der Waals surface area (Å²) >= 11 is 0. The van der Waals surface area contributed by atoms with Crippen LogP contribution in [0.4, 0.5) is 0 Å². The van der Waals surface area contributed by atoms with E-state index in [-0.39, 0.29) is 30.0 Å². The van der Waals surface area contributed by atoms with E-state index in [0.29, 0.717) is 36.1 Å². The molecule has 8 nitrogen and oxygen atoms in total. The van der Waals surface area contributed by atoms with E-state index in [9.17, 15) is 8.42 Å². The number of hydrogen-bond donors (Lipinski definition) is 2. The summed E-state index contributed by atoms with van der Waals surface area (Å²) in [5, 5.41) is 6.49. The van der Waals surface area contributed by atoms with E-state index in [0.717, 1.165) is 24.6 Å². The van der Waals surface area contributed by atoms with Crippen molar-refractivity contribution in [3.8, 4) is 0 Å². The van der Waals surface area contributed by atoms with Crippen LogP contribution in [0.25, 0.3) is 0 Å². The van der Waals surface area contributed by atoms with Gasteiger partial charge in [0.25, 0.3) is 0 Å². The Kier molecular flexibility index (Phi) is 9.34. The first-order valence-electron chi connectivity index (χ1n) is 10.1. The Balaban J connectivity index is 0.00000341. The number of halogens is 1. The highest BCUT2D eigenvalue weighted by molar-refractivity contribution is 14.0. The number of hydrogen-bond acceptors (Lipinski definition) is 5. The second-order valence-corrected chi connectivity index (χ2v) is 9.46. The van der Waals surface area contributed by atoms with Gasteiger partial charge in [-0.15, -0.1) is 24.0 Å². The van der Waals surface area contributed by atoms with Gasteiger partial charge in [0, 0.05) is 39.8 Å². The molecule has 1 aliphatic rings. The first-order valence-corrected chi connectivity index (χ1v) is 11.6. The maximum absolute atomic E-state index is 13.2. The van der Waals surface area contributed by atoms with Crippen molar-refractivity contribution in [1.29, 1.82) is 0 Å². The topological polar surface area (TPSA) is 90.2 Å². The van der Waals surface area contributed by atoms with Crippen LogP contribution in [0.2, 0.25) is 0 Å². The zero-order valence-corrected chi connectivity index (χ0v) is 21.6. The van der Waals surface area contributed by atoms with Crippen LogP contribution in [-0.4, -0.2) is 63.9 Å². The van der Waals surface area contributed by atoms with E-state index in [1.54, 1.807) is 23.5 Å². The lowest BCUT2D eigenvalue weighted by atomic mass is 10.2. The summed E-state index contributed by atoms with van der Waals surface area (Å²) < 4.78 is 33.7. The molecule has 31 heavy (non-hydrogen) atoms. The number of aryl methyl sites for hydroxylation is 1. The van der Waals surface area contributed by atoms with Crippen LogP contribution in [0.3, 0.4) is 0 Å². The molecule has 2 aromatic rings. The Hall–Kier alpha value is -1.63. The molecule has 1 aromatic carbocycles. The van der Waals surface area contributed by atoms with E-state index in [4.69, 9.17) is 4.42 Å². The molecule has 0 radical (unpaired) electrons. The standard InChI is InChI=1S/C21H31N5O3S.HI/c1-16-9-10-19(29-16)17(2)24-21(22-3)23-15-18-7-5-6-8-20(18)30(27,28)26-13-11-25(4)12-14-26;/h5-10,17H,11-15H2,1-4H3,(H2,22,23,24);1H. The first-order chi connectivity index (χ1) is 14.3. The predicted octanol–water partition coefficient (Wildman–Crippen LogP) is 2.57. The van der Waals surface area contributed by atoms with Gasteiger partial charge < -0.3 is 20.0 Å². The molecule has 2 N–H and O–H groups in total. The van der Waals surface area contributed by atoms with Gasteiger partial charge in [0.15, 0.2) is 5.96 Å². The summed E-state index contributed by atoms with van der Waals surface area (Å²) in [6.45, 7) is 6.71. The molecule has 3 rings (SSSR count). The molecule has 2 heterocycles. The number of benzene rings is 1. The van der Waals surface area contributed by atoms with Gasteiger partial charge in [0.1, 0.15) is 11.5 Å². The predicted molar refractivity (Wildman–Crippen MR) is 133 cm³/mol. The van der Waals surface area contributed by atoms with E-state index < -0.39 is 10.0 Å². The summed E-state index contributed by atoms with van der Waals surface area (Å²) in [7, 11) is 0.146. The zero-order chi connectivity index (χ0) is 21.7. The summed E-state index contributed by atoms with van der Waals surface area (Å²) in [6, 6.07) is 10.9. The summed E-state index contributed by atoms with van der Waals surface area (Å²) in [6.07, 6.45) is 0. The Morgan fingerprint density at radius 2 is 1.84 bits per heavy atom. The first kappa shape index (κ1) is 25.6. The highest BCUT2D eigenvalue weighted by atomic mass is 127. The number of guanidine groups is 1. The minimum absolute atomic E-state index is 0. The third kappa shape index (κ3) is 6.43. The second-order valence-electron chi connectivity index (χ2n) is 7.56. The summed E-state index contributed by atoms with van der Waals surface area (Å²) in [5.41, 5.74) is 0.709. The molecule has 0 bridgehead atoms. The minimum Gasteiger partial charge on any atom is -0.464 e. The third-order valence-electron chi connectivity index (χ3n) is 5.26. The van der Waals surface area contributed by atoms with Crippen LogP contribution in [-0.2, 0) is 16.6 Å². The van der Waals surface area contributed by atoms with Gasteiger partial charge in [0.2, 0.25) is 10.0 Å². The minimum atomic E-state index is -3.54. The van der Waals surface area contributed by atoms with Crippen molar-refractivity contribution >= 4 is 40.0 Å². The summed E-state index contributed by atoms with van der Waals surface area (Å²) in [4.78, 5) is 6.73. The maximum Gasteiger partial charge on any atom is 0.243 e. The van der Waals surface area contributed by atoms with Gasteiger partial charge in [-0.1, -0.05) is 18.2 Å². The average molecular weight is 561 g/mol. The van der Waals surface area contributed by atoms with E-state index in [2.05, 4.69) is 20.5 Å². The Bertz CT molecular complexity index is 984. The molecule has 0 aliphatic carbocycles. The van der Waals surface area contributed by atoms with Crippen molar-refractivity contribution in [2.45, 2.75) is 31.3 Å². The number of furan rings is 1. The SMILES string of the molecule is CN=C(NCc1ccccc1S(=O)(=O)N1CCN(C)CC1)NC(C)c1ccc(C)o1.I. The van der Waals surface area contributed by atoms with E-state index >= 15 is 0 Å². The molecule has 0 amide bonds. The number of sulfonamides is 1. The van der Waals surface area contributed by atoms with E-state index in [1.807, 2.05) is 45.2 Å². The Morgan fingerprint density at radius 1 is 1.16 bits per heavy atom. The number of likely N-dealkylation sites (N-methyl/N-ethyl adjacent to an activating group) is 1. The molecule has 1 fully saturated rings. The van der Waals surface area contributed by atoms with Gasteiger partial charge in [-0.25, -0.2) is 8.42 Å². The molecule has 10 heteroatoms. The van der Waals surface area contributed by atoms with Crippen molar-refractivity contribution in [3.63, 3.8) is 0 Å². The highest BCUT2D eigenvalue weighted by Crippen LogP contribution is 2.21.